The molecule has 2 aromatic rings. The Morgan fingerprint density at radius 1 is 1.17 bits per heavy atom. The van der Waals surface area contributed by atoms with E-state index in [2.05, 4.69) is 27.9 Å². The first-order valence-electron chi connectivity index (χ1n) is 7.76. The van der Waals surface area contributed by atoms with E-state index in [1.807, 2.05) is 41.3 Å². The van der Waals surface area contributed by atoms with Crippen molar-refractivity contribution < 1.29 is 9.59 Å². The lowest BCUT2D eigenvalue weighted by Crippen LogP contribution is -2.37. The van der Waals surface area contributed by atoms with Gasteiger partial charge in [-0.15, -0.1) is 0 Å². The molecule has 1 heterocycles. The summed E-state index contributed by atoms with van der Waals surface area (Å²) in [6.45, 7) is 1.04. The van der Waals surface area contributed by atoms with Crippen LogP contribution in [0.2, 0.25) is 0 Å². The SMILES string of the molecule is NC(=O)c1cccc2c1CCCN2CC(=O)Nc1ccc(I)cc1. The van der Waals surface area contributed by atoms with E-state index in [0.717, 1.165) is 39.9 Å². The Kier molecular flexibility index (Phi) is 5.03. The molecule has 1 aliphatic heterocycles. The summed E-state index contributed by atoms with van der Waals surface area (Å²) in [6.07, 6.45) is 1.71. The standard InChI is InChI=1S/C18H18IN3O2/c19-12-6-8-13(9-7-12)21-17(23)11-22-10-2-4-14-15(18(20)24)3-1-5-16(14)22/h1,3,5-9H,2,4,10-11H2,(H2,20,24)(H,21,23). The van der Waals surface area contributed by atoms with E-state index in [1.54, 1.807) is 6.07 Å². The van der Waals surface area contributed by atoms with E-state index in [1.165, 1.54) is 0 Å². The van der Waals surface area contributed by atoms with Crippen LogP contribution in [0.4, 0.5) is 11.4 Å². The van der Waals surface area contributed by atoms with Crippen LogP contribution in [0.15, 0.2) is 42.5 Å². The molecule has 6 heteroatoms. The van der Waals surface area contributed by atoms with Gasteiger partial charge in [0.1, 0.15) is 0 Å². The first-order valence-corrected chi connectivity index (χ1v) is 8.84. The van der Waals surface area contributed by atoms with Gasteiger partial charge in [-0.3, -0.25) is 9.59 Å². The van der Waals surface area contributed by atoms with Gasteiger partial charge in [-0.25, -0.2) is 0 Å². The number of hydrogen-bond donors (Lipinski definition) is 2. The maximum atomic E-state index is 12.3. The van der Waals surface area contributed by atoms with E-state index < -0.39 is 5.91 Å². The summed E-state index contributed by atoms with van der Waals surface area (Å²) in [7, 11) is 0. The summed E-state index contributed by atoms with van der Waals surface area (Å²) in [5.41, 5.74) is 8.66. The van der Waals surface area contributed by atoms with Crippen LogP contribution in [-0.4, -0.2) is 24.9 Å². The lowest BCUT2D eigenvalue weighted by molar-refractivity contribution is -0.115. The first kappa shape index (κ1) is 16.8. The molecule has 0 fully saturated rings. The molecule has 5 nitrogen and oxygen atoms in total. The Labute approximate surface area is 154 Å². The summed E-state index contributed by atoms with van der Waals surface area (Å²) >= 11 is 2.22. The molecule has 24 heavy (non-hydrogen) atoms. The fourth-order valence-corrected chi connectivity index (χ4v) is 3.36. The van der Waals surface area contributed by atoms with Crippen molar-refractivity contribution in [3.63, 3.8) is 0 Å². The highest BCUT2D eigenvalue weighted by Crippen LogP contribution is 2.29. The maximum absolute atomic E-state index is 12.3. The number of rotatable bonds is 4. The molecule has 0 saturated carbocycles. The summed E-state index contributed by atoms with van der Waals surface area (Å²) in [6, 6.07) is 13.2. The van der Waals surface area contributed by atoms with Gasteiger partial charge >= 0.3 is 0 Å². The number of nitrogens with two attached hydrogens (primary N) is 1. The van der Waals surface area contributed by atoms with Gasteiger partial charge < -0.3 is 16.0 Å². The number of nitrogens with zero attached hydrogens (tertiary/aromatic N) is 1. The summed E-state index contributed by atoms with van der Waals surface area (Å²) in [4.78, 5) is 25.9. The van der Waals surface area contributed by atoms with Gasteiger partial charge in [0, 0.05) is 27.1 Å². The predicted molar refractivity (Wildman–Crippen MR) is 103 cm³/mol. The van der Waals surface area contributed by atoms with Crippen molar-refractivity contribution in [2.45, 2.75) is 12.8 Å². The second-order valence-corrected chi connectivity index (χ2v) is 6.99. The Morgan fingerprint density at radius 3 is 2.62 bits per heavy atom. The van der Waals surface area contributed by atoms with Crippen LogP contribution in [0.3, 0.4) is 0 Å². The number of amides is 2. The molecule has 0 aromatic heterocycles. The number of benzene rings is 2. The molecule has 0 radical (unpaired) electrons. The second kappa shape index (κ2) is 7.21. The zero-order chi connectivity index (χ0) is 17.1. The Bertz CT molecular complexity index is 774. The average molecular weight is 435 g/mol. The van der Waals surface area contributed by atoms with E-state index in [4.69, 9.17) is 5.73 Å². The van der Waals surface area contributed by atoms with Crippen molar-refractivity contribution in [2.24, 2.45) is 5.73 Å². The molecular weight excluding hydrogens is 417 g/mol. The van der Waals surface area contributed by atoms with Gasteiger partial charge in [0.25, 0.3) is 0 Å². The fraction of sp³-hybridized carbons (Fsp3) is 0.222. The average Bonchev–Trinajstić information content (AvgIpc) is 2.56. The van der Waals surface area contributed by atoms with E-state index >= 15 is 0 Å². The lowest BCUT2D eigenvalue weighted by atomic mass is 9.96. The molecular formula is C18H18IN3O2. The zero-order valence-corrected chi connectivity index (χ0v) is 15.2. The number of hydrogen-bond acceptors (Lipinski definition) is 3. The molecule has 0 bridgehead atoms. The Balaban J connectivity index is 1.75. The van der Waals surface area contributed by atoms with Crippen molar-refractivity contribution in [3.05, 3.63) is 57.2 Å². The molecule has 2 aromatic carbocycles. The molecule has 0 spiro atoms. The third kappa shape index (κ3) is 3.69. The molecule has 0 aliphatic carbocycles. The number of nitrogens with one attached hydrogen (secondary N) is 1. The number of anilines is 2. The first-order chi connectivity index (χ1) is 11.5. The molecule has 1 aliphatic rings. The third-order valence-electron chi connectivity index (χ3n) is 4.07. The van der Waals surface area contributed by atoms with Crippen LogP contribution in [0.25, 0.3) is 0 Å². The Hall–Kier alpha value is -2.09. The van der Waals surface area contributed by atoms with Crippen molar-refractivity contribution in [2.75, 3.05) is 23.3 Å². The number of fused-ring (bicyclic) bond motifs is 1. The van der Waals surface area contributed by atoms with Gasteiger partial charge in [-0.2, -0.15) is 0 Å². The number of carbonyl (C=O) groups is 2. The van der Waals surface area contributed by atoms with Crippen LogP contribution in [-0.2, 0) is 11.2 Å². The van der Waals surface area contributed by atoms with Gasteiger partial charge in [0.05, 0.1) is 6.54 Å². The summed E-state index contributed by atoms with van der Waals surface area (Å²) in [5.74, 6) is -0.495. The summed E-state index contributed by atoms with van der Waals surface area (Å²) < 4.78 is 1.12. The molecule has 0 saturated heterocycles. The number of carbonyl (C=O) groups excluding carboxylic acids is 2. The zero-order valence-electron chi connectivity index (χ0n) is 13.1. The minimum atomic E-state index is -0.419. The number of halogens is 1. The maximum Gasteiger partial charge on any atom is 0.249 e. The van der Waals surface area contributed by atoms with Gasteiger partial charge in [0.2, 0.25) is 11.8 Å². The van der Waals surface area contributed by atoms with Crippen LogP contribution in [0.5, 0.6) is 0 Å². The van der Waals surface area contributed by atoms with E-state index in [9.17, 15) is 9.59 Å². The molecule has 3 N–H and O–H groups in total. The number of primary amides is 1. The van der Waals surface area contributed by atoms with Crippen LogP contribution < -0.4 is 16.0 Å². The predicted octanol–water partition coefficient (Wildman–Crippen LogP) is 2.78. The van der Waals surface area contributed by atoms with Gasteiger partial charge in [-0.1, -0.05) is 6.07 Å². The highest BCUT2D eigenvalue weighted by Gasteiger charge is 2.22. The van der Waals surface area contributed by atoms with Crippen molar-refractivity contribution in [1.29, 1.82) is 0 Å². The highest BCUT2D eigenvalue weighted by molar-refractivity contribution is 14.1. The minimum absolute atomic E-state index is 0.0754. The minimum Gasteiger partial charge on any atom is -0.366 e. The van der Waals surface area contributed by atoms with Crippen LogP contribution in [0.1, 0.15) is 22.3 Å². The highest BCUT2D eigenvalue weighted by atomic mass is 127. The van der Waals surface area contributed by atoms with Crippen molar-refractivity contribution >= 4 is 45.8 Å². The second-order valence-electron chi connectivity index (χ2n) is 5.75. The van der Waals surface area contributed by atoms with Crippen molar-refractivity contribution in [3.8, 4) is 0 Å². The fourth-order valence-electron chi connectivity index (χ4n) is 3.00. The normalized spacial score (nSPS) is 13.3. The van der Waals surface area contributed by atoms with Gasteiger partial charge in [0.15, 0.2) is 0 Å². The van der Waals surface area contributed by atoms with Crippen LogP contribution in [0, 0.1) is 3.57 Å². The monoisotopic (exact) mass is 435 g/mol. The third-order valence-corrected chi connectivity index (χ3v) is 4.79. The molecule has 2 amide bonds. The quantitative estimate of drug-likeness (QED) is 0.726. The van der Waals surface area contributed by atoms with Gasteiger partial charge in [-0.05, 0) is 77.4 Å². The largest absolute Gasteiger partial charge is 0.366 e. The molecule has 0 atom stereocenters. The smallest absolute Gasteiger partial charge is 0.249 e. The van der Waals surface area contributed by atoms with Crippen LogP contribution >= 0.6 is 22.6 Å². The topological polar surface area (TPSA) is 75.4 Å². The molecule has 124 valence electrons. The Morgan fingerprint density at radius 2 is 1.92 bits per heavy atom. The summed E-state index contributed by atoms with van der Waals surface area (Å²) in [5, 5.41) is 2.91. The molecule has 0 unspecified atom stereocenters. The van der Waals surface area contributed by atoms with Crippen molar-refractivity contribution in [1.82, 2.24) is 0 Å². The van der Waals surface area contributed by atoms with E-state index in [0.29, 0.717) is 5.56 Å². The molecule has 3 rings (SSSR count). The lowest BCUT2D eigenvalue weighted by Gasteiger charge is -2.31. The van der Waals surface area contributed by atoms with E-state index in [-0.39, 0.29) is 12.5 Å².